The summed E-state index contributed by atoms with van der Waals surface area (Å²) in [6, 6.07) is 9.32. The topological polar surface area (TPSA) is 116 Å². The summed E-state index contributed by atoms with van der Waals surface area (Å²) >= 11 is 0. The number of hydrogen-bond donors (Lipinski definition) is 3. The Kier molecular flexibility index (Phi) is 8.33. The largest absolute Gasteiger partial charge is 0.341 e. The molecule has 1 amide bonds. The highest BCUT2D eigenvalue weighted by Crippen LogP contribution is 2.41. The molecule has 1 aliphatic carbocycles. The number of carbonyl (C=O) groups is 1. The minimum absolute atomic E-state index is 0.239. The van der Waals surface area contributed by atoms with E-state index >= 15 is 0 Å². The van der Waals surface area contributed by atoms with Gasteiger partial charge >= 0.3 is 0 Å². The quantitative estimate of drug-likeness (QED) is 0.352. The number of hydroxylamine groups is 1. The zero-order valence-electron chi connectivity index (χ0n) is 20.3. The molecule has 1 aliphatic heterocycles. The van der Waals surface area contributed by atoms with Crippen LogP contribution in [0.1, 0.15) is 54.9 Å². The fourth-order valence-corrected chi connectivity index (χ4v) is 4.48. The first kappa shape index (κ1) is 24.7. The predicted octanol–water partition coefficient (Wildman–Crippen LogP) is 3.44. The van der Waals surface area contributed by atoms with Crippen molar-refractivity contribution in [1.29, 1.82) is 0 Å². The van der Waals surface area contributed by atoms with Gasteiger partial charge in [-0.25, -0.2) is 25.4 Å². The third-order valence-corrected chi connectivity index (χ3v) is 6.59. The second-order valence-electron chi connectivity index (χ2n) is 8.75. The van der Waals surface area contributed by atoms with Crippen LogP contribution in [0.25, 0.3) is 11.1 Å². The lowest BCUT2D eigenvalue weighted by Crippen LogP contribution is -2.38. The summed E-state index contributed by atoms with van der Waals surface area (Å²) in [6.45, 7) is 6.83. The van der Waals surface area contributed by atoms with Crippen molar-refractivity contribution in [2.24, 2.45) is 5.92 Å². The molecule has 2 aromatic heterocycles. The number of aromatic nitrogens is 4. The van der Waals surface area contributed by atoms with Gasteiger partial charge in [0, 0.05) is 55.4 Å². The lowest BCUT2D eigenvalue weighted by molar-refractivity contribution is 0.0705. The van der Waals surface area contributed by atoms with Gasteiger partial charge in [0.1, 0.15) is 6.33 Å². The van der Waals surface area contributed by atoms with E-state index in [0.29, 0.717) is 23.8 Å². The summed E-state index contributed by atoms with van der Waals surface area (Å²) in [7, 11) is 0. The number of rotatable bonds is 7. The van der Waals surface area contributed by atoms with Gasteiger partial charge in [0.2, 0.25) is 5.95 Å². The molecule has 2 atom stereocenters. The van der Waals surface area contributed by atoms with Gasteiger partial charge in [-0.3, -0.25) is 10.0 Å². The van der Waals surface area contributed by atoms with Crippen LogP contribution in [-0.4, -0.2) is 56.7 Å². The van der Waals surface area contributed by atoms with Gasteiger partial charge in [-0.05, 0) is 42.9 Å². The summed E-state index contributed by atoms with van der Waals surface area (Å²) in [6.07, 6.45) is 11.5. The SMILES string of the molecule is CC.O=C(NO)c1cnc(N2CCC(CNC3CC3c3ccc(-c4cncnc4)cc3)CC2)nc1. The molecule has 2 unspecified atom stereocenters. The van der Waals surface area contributed by atoms with E-state index in [4.69, 9.17) is 5.21 Å². The van der Waals surface area contributed by atoms with Crippen molar-refractivity contribution in [1.82, 2.24) is 30.7 Å². The molecule has 0 radical (unpaired) electrons. The number of piperidine rings is 1. The number of anilines is 1. The molecule has 35 heavy (non-hydrogen) atoms. The van der Waals surface area contributed by atoms with Crippen molar-refractivity contribution >= 4 is 11.9 Å². The molecule has 9 heteroatoms. The first-order valence-corrected chi connectivity index (χ1v) is 12.3. The number of amides is 1. The number of nitrogens with one attached hydrogen (secondary N) is 2. The van der Waals surface area contributed by atoms with Crippen LogP contribution in [-0.2, 0) is 0 Å². The Morgan fingerprint density at radius 2 is 1.66 bits per heavy atom. The number of nitrogens with zero attached hydrogens (tertiary/aromatic N) is 5. The van der Waals surface area contributed by atoms with E-state index in [0.717, 1.165) is 43.6 Å². The molecule has 0 bridgehead atoms. The Balaban J connectivity index is 0.00000141. The van der Waals surface area contributed by atoms with Crippen molar-refractivity contribution in [3.63, 3.8) is 0 Å². The third kappa shape index (κ3) is 6.17. The van der Waals surface area contributed by atoms with Crippen molar-refractivity contribution < 1.29 is 10.0 Å². The van der Waals surface area contributed by atoms with E-state index in [1.165, 1.54) is 24.4 Å². The fourth-order valence-electron chi connectivity index (χ4n) is 4.48. The van der Waals surface area contributed by atoms with Crippen molar-refractivity contribution in [2.45, 2.75) is 45.1 Å². The van der Waals surface area contributed by atoms with Gasteiger partial charge < -0.3 is 10.2 Å². The third-order valence-electron chi connectivity index (χ3n) is 6.59. The minimum atomic E-state index is -0.605. The maximum atomic E-state index is 11.4. The molecule has 1 aromatic carbocycles. The van der Waals surface area contributed by atoms with Crippen LogP contribution in [0.5, 0.6) is 0 Å². The van der Waals surface area contributed by atoms with Crippen molar-refractivity contribution in [3.8, 4) is 11.1 Å². The molecule has 1 saturated carbocycles. The number of carbonyl (C=O) groups excluding carboxylic acids is 1. The predicted molar refractivity (Wildman–Crippen MR) is 134 cm³/mol. The van der Waals surface area contributed by atoms with Crippen LogP contribution >= 0.6 is 0 Å². The normalized spacial score (nSPS) is 19.5. The average molecular weight is 476 g/mol. The number of hydrogen-bond acceptors (Lipinski definition) is 8. The van der Waals surface area contributed by atoms with E-state index in [9.17, 15) is 4.79 Å². The summed E-state index contributed by atoms with van der Waals surface area (Å²) in [4.78, 5) is 30.3. The molecule has 3 N–H and O–H groups in total. The van der Waals surface area contributed by atoms with Gasteiger partial charge in [-0.2, -0.15) is 0 Å². The molecule has 5 rings (SSSR count). The molecule has 2 fully saturated rings. The van der Waals surface area contributed by atoms with E-state index in [1.807, 2.05) is 26.2 Å². The lowest BCUT2D eigenvalue weighted by Gasteiger charge is -2.32. The standard InChI is InChI=1S/C24H27N7O2.C2H6/c32-23(30-33)20-13-28-24(29-14-20)31-7-5-16(6-8-31)10-27-22-9-21(22)18-3-1-17(2-4-18)19-11-25-15-26-12-19;1-2/h1-4,11-16,21-22,27,33H,5-10H2,(H,30,32);1-2H3. The van der Waals surface area contributed by atoms with Crippen LogP contribution in [0.4, 0.5) is 5.95 Å². The van der Waals surface area contributed by atoms with Gasteiger partial charge in [0.15, 0.2) is 0 Å². The van der Waals surface area contributed by atoms with E-state index < -0.39 is 5.91 Å². The van der Waals surface area contributed by atoms with Gasteiger partial charge in [-0.1, -0.05) is 38.1 Å². The summed E-state index contributed by atoms with van der Waals surface area (Å²) in [5.74, 6) is 1.26. The second kappa shape index (κ2) is 11.8. The van der Waals surface area contributed by atoms with E-state index in [1.54, 1.807) is 11.8 Å². The fraction of sp³-hybridized carbons (Fsp3) is 0.423. The molecule has 2 aliphatic rings. The first-order valence-electron chi connectivity index (χ1n) is 12.3. The molecule has 184 valence electrons. The minimum Gasteiger partial charge on any atom is -0.341 e. The Hall–Kier alpha value is -3.43. The highest BCUT2D eigenvalue weighted by Gasteiger charge is 2.38. The van der Waals surface area contributed by atoms with Gasteiger partial charge in [0.05, 0.1) is 5.56 Å². The summed E-state index contributed by atoms with van der Waals surface area (Å²) in [5, 5.41) is 12.5. The Labute approximate surface area is 206 Å². The van der Waals surface area contributed by atoms with Crippen molar-refractivity contribution in [2.75, 3.05) is 24.5 Å². The van der Waals surface area contributed by atoms with Crippen LogP contribution in [0.15, 0.2) is 55.4 Å². The first-order chi connectivity index (χ1) is 17.2. The van der Waals surface area contributed by atoms with Crippen molar-refractivity contribution in [3.05, 3.63) is 66.5 Å². The lowest BCUT2D eigenvalue weighted by atomic mass is 9.97. The molecular formula is C26H33N7O2. The molecule has 9 nitrogen and oxygen atoms in total. The number of benzene rings is 1. The summed E-state index contributed by atoms with van der Waals surface area (Å²) in [5.41, 5.74) is 5.40. The monoisotopic (exact) mass is 475 g/mol. The van der Waals surface area contributed by atoms with Gasteiger partial charge in [0.25, 0.3) is 5.91 Å². The molecular weight excluding hydrogens is 442 g/mol. The maximum absolute atomic E-state index is 11.4. The highest BCUT2D eigenvalue weighted by atomic mass is 16.5. The maximum Gasteiger partial charge on any atom is 0.277 e. The van der Waals surface area contributed by atoms with Crippen LogP contribution < -0.4 is 15.7 Å². The van der Waals surface area contributed by atoms with E-state index in [2.05, 4.69) is 54.4 Å². The average Bonchev–Trinajstić information content (AvgIpc) is 3.73. The molecule has 3 aromatic rings. The molecule has 3 heterocycles. The Morgan fingerprint density at radius 1 is 1.00 bits per heavy atom. The zero-order chi connectivity index (χ0) is 24.6. The summed E-state index contributed by atoms with van der Waals surface area (Å²) < 4.78 is 0. The second-order valence-corrected chi connectivity index (χ2v) is 8.75. The van der Waals surface area contributed by atoms with Gasteiger partial charge in [-0.15, -0.1) is 0 Å². The Bertz CT molecular complexity index is 1070. The van der Waals surface area contributed by atoms with E-state index in [-0.39, 0.29) is 5.56 Å². The Morgan fingerprint density at radius 3 is 2.29 bits per heavy atom. The van der Waals surface area contributed by atoms with Crippen LogP contribution in [0.3, 0.4) is 0 Å². The van der Waals surface area contributed by atoms with Crippen LogP contribution in [0, 0.1) is 5.92 Å². The smallest absolute Gasteiger partial charge is 0.277 e. The molecule has 1 saturated heterocycles. The highest BCUT2D eigenvalue weighted by molar-refractivity contribution is 5.92. The zero-order valence-corrected chi connectivity index (χ0v) is 20.3. The van der Waals surface area contributed by atoms with Crippen LogP contribution in [0.2, 0.25) is 0 Å². The molecule has 0 spiro atoms.